The van der Waals surface area contributed by atoms with Gasteiger partial charge in [-0.1, -0.05) is 27.5 Å². The molecule has 90 valence electrons. The highest BCUT2D eigenvalue weighted by Gasteiger charge is 2.07. The Morgan fingerprint density at radius 1 is 1.56 bits per heavy atom. The fraction of sp³-hybridized carbons (Fsp3) is 0.455. The predicted octanol–water partition coefficient (Wildman–Crippen LogP) is 2.20. The van der Waals surface area contributed by atoms with Crippen LogP contribution in [0.3, 0.4) is 0 Å². The zero-order valence-electron chi connectivity index (χ0n) is 9.04. The van der Waals surface area contributed by atoms with Crippen LogP contribution in [0.1, 0.15) is 5.56 Å². The van der Waals surface area contributed by atoms with Crippen molar-refractivity contribution in [2.45, 2.75) is 12.6 Å². The third kappa shape index (κ3) is 4.39. The van der Waals surface area contributed by atoms with Crippen LogP contribution in [-0.4, -0.2) is 31.5 Å². The molecule has 1 aromatic carbocycles. The molecule has 0 fully saturated rings. The van der Waals surface area contributed by atoms with Gasteiger partial charge in [0.2, 0.25) is 0 Å². The van der Waals surface area contributed by atoms with Crippen molar-refractivity contribution in [3.05, 3.63) is 33.3 Å². The summed E-state index contributed by atoms with van der Waals surface area (Å²) in [7, 11) is 1.61. The molecule has 0 bridgehead atoms. The SMILES string of the molecule is COCC(CO)NCc1cc(Br)ccc1Cl. The van der Waals surface area contributed by atoms with E-state index in [4.69, 9.17) is 21.4 Å². The van der Waals surface area contributed by atoms with Gasteiger partial charge in [0.1, 0.15) is 0 Å². The lowest BCUT2D eigenvalue weighted by Crippen LogP contribution is -2.35. The molecule has 0 saturated heterocycles. The van der Waals surface area contributed by atoms with Crippen molar-refractivity contribution in [2.75, 3.05) is 20.3 Å². The molecule has 0 amide bonds. The second-order valence-electron chi connectivity index (χ2n) is 3.45. The van der Waals surface area contributed by atoms with Gasteiger partial charge in [0.05, 0.1) is 19.3 Å². The van der Waals surface area contributed by atoms with E-state index < -0.39 is 0 Å². The lowest BCUT2D eigenvalue weighted by atomic mass is 10.2. The summed E-state index contributed by atoms with van der Waals surface area (Å²) in [6.45, 7) is 1.12. The van der Waals surface area contributed by atoms with Gasteiger partial charge in [-0.2, -0.15) is 0 Å². The van der Waals surface area contributed by atoms with Crippen molar-refractivity contribution in [1.82, 2.24) is 5.32 Å². The molecule has 2 N–H and O–H groups in total. The Morgan fingerprint density at radius 2 is 2.31 bits per heavy atom. The summed E-state index contributed by atoms with van der Waals surface area (Å²) >= 11 is 9.44. The minimum atomic E-state index is -0.0694. The summed E-state index contributed by atoms with van der Waals surface area (Å²) in [5, 5.41) is 13.0. The molecule has 1 aromatic rings. The van der Waals surface area contributed by atoms with Crippen molar-refractivity contribution in [3.63, 3.8) is 0 Å². The number of hydrogen-bond acceptors (Lipinski definition) is 3. The number of rotatable bonds is 6. The lowest BCUT2D eigenvalue weighted by Gasteiger charge is -2.15. The average Bonchev–Trinajstić information content (AvgIpc) is 2.28. The average molecular weight is 309 g/mol. The zero-order valence-corrected chi connectivity index (χ0v) is 11.4. The number of aliphatic hydroxyl groups excluding tert-OH is 1. The Morgan fingerprint density at radius 3 is 2.94 bits per heavy atom. The maximum Gasteiger partial charge on any atom is 0.0638 e. The lowest BCUT2D eigenvalue weighted by molar-refractivity contribution is 0.128. The van der Waals surface area contributed by atoms with Crippen LogP contribution in [0.4, 0.5) is 0 Å². The van der Waals surface area contributed by atoms with E-state index >= 15 is 0 Å². The first-order valence-electron chi connectivity index (χ1n) is 4.94. The van der Waals surface area contributed by atoms with Gasteiger partial charge in [-0.05, 0) is 23.8 Å². The van der Waals surface area contributed by atoms with Crippen molar-refractivity contribution in [2.24, 2.45) is 0 Å². The summed E-state index contributed by atoms with van der Waals surface area (Å²) in [5.74, 6) is 0. The first kappa shape index (κ1) is 13.9. The summed E-state index contributed by atoms with van der Waals surface area (Å²) < 4.78 is 5.96. The molecule has 3 nitrogen and oxygen atoms in total. The largest absolute Gasteiger partial charge is 0.395 e. The quantitative estimate of drug-likeness (QED) is 0.846. The summed E-state index contributed by atoms with van der Waals surface area (Å²) in [6, 6.07) is 5.62. The van der Waals surface area contributed by atoms with E-state index in [-0.39, 0.29) is 12.6 Å². The van der Waals surface area contributed by atoms with Crippen LogP contribution in [0.5, 0.6) is 0 Å². The van der Waals surface area contributed by atoms with Crippen LogP contribution in [0.25, 0.3) is 0 Å². The molecule has 1 atom stereocenters. The van der Waals surface area contributed by atoms with E-state index in [1.54, 1.807) is 7.11 Å². The number of methoxy groups -OCH3 is 1. The highest BCUT2D eigenvalue weighted by molar-refractivity contribution is 9.10. The van der Waals surface area contributed by atoms with Crippen LogP contribution in [-0.2, 0) is 11.3 Å². The Kier molecular flexibility index (Phi) is 6.31. The number of hydrogen-bond donors (Lipinski definition) is 2. The Hall–Kier alpha value is -0.130. The molecule has 1 rings (SSSR count). The Labute approximate surface area is 109 Å². The summed E-state index contributed by atoms with van der Waals surface area (Å²) in [6.07, 6.45) is 0. The van der Waals surface area contributed by atoms with Crippen LogP contribution in [0.15, 0.2) is 22.7 Å². The predicted molar refractivity (Wildman–Crippen MR) is 68.7 cm³/mol. The highest BCUT2D eigenvalue weighted by Crippen LogP contribution is 2.20. The molecule has 0 spiro atoms. The number of ether oxygens (including phenoxy) is 1. The molecule has 0 aromatic heterocycles. The van der Waals surface area contributed by atoms with Gasteiger partial charge in [0.15, 0.2) is 0 Å². The Balaban J connectivity index is 2.55. The van der Waals surface area contributed by atoms with Crippen LogP contribution in [0.2, 0.25) is 5.02 Å². The molecule has 0 aliphatic rings. The molecule has 0 heterocycles. The molecule has 5 heteroatoms. The van der Waals surface area contributed by atoms with Gasteiger partial charge in [-0.3, -0.25) is 0 Å². The minimum absolute atomic E-state index is 0.0411. The molecule has 1 unspecified atom stereocenters. The molecular weight excluding hydrogens is 293 g/mol. The third-order valence-corrected chi connectivity index (χ3v) is 3.04. The second-order valence-corrected chi connectivity index (χ2v) is 4.77. The normalized spacial score (nSPS) is 12.8. The molecule has 0 aliphatic carbocycles. The fourth-order valence-corrected chi connectivity index (χ4v) is 1.90. The van der Waals surface area contributed by atoms with Gasteiger partial charge < -0.3 is 15.2 Å². The van der Waals surface area contributed by atoms with E-state index in [0.29, 0.717) is 18.2 Å². The van der Waals surface area contributed by atoms with Gasteiger partial charge in [-0.15, -0.1) is 0 Å². The van der Waals surface area contributed by atoms with Crippen LogP contribution in [0, 0.1) is 0 Å². The summed E-state index contributed by atoms with van der Waals surface area (Å²) in [5.41, 5.74) is 0.991. The fourth-order valence-electron chi connectivity index (χ4n) is 1.31. The first-order chi connectivity index (χ1) is 7.67. The van der Waals surface area contributed by atoms with Crippen LogP contribution < -0.4 is 5.32 Å². The van der Waals surface area contributed by atoms with Gasteiger partial charge in [0, 0.05) is 23.1 Å². The minimum Gasteiger partial charge on any atom is -0.395 e. The van der Waals surface area contributed by atoms with E-state index in [9.17, 15) is 0 Å². The van der Waals surface area contributed by atoms with E-state index in [2.05, 4.69) is 21.2 Å². The summed E-state index contributed by atoms with van der Waals surface area (Å²) in [4.78, 5) is 0. The Bertz CT molecular complexity index is 336. The van der Waals surface area contributed by atoms with E-state index in [1.807, 2.05) is 18.2 Å². The molecule has 0 aliphatic heterocycles. The smallest absolute Gasteiger partial charge is 0.0638 e. The van der Waals surface area contributed by atoms with Crippen LogP contribution >= 0.6 is 27.5 Å². The third-order valence-electron chi connectivity index (χ3n) is 2.18. The van der Waals surface area contributed by atoms with Crippen molar-refractivity contribution < 1.29 is 9.84 Å². The molecule has 0 saturated carbocycles. The zero-order chi connectivity index (χ0) is 12.0. The van der Waals surface area contributed by atoms with Gasteiger partial charge in [-0.25, -0.2) is 0 Å². The van der Waals surface area contributed by atoms with Crippen molar-refractivity contribution >= 4 is 27.5 Å². The van der Waals surface area contributed by atoms with E-state index in [1.165, 1.54) is 0 Å². The maximum absolute atomic E-state index is 9.07. The number of nitrogens with one attached hydrogen (secondary N) is 1. The first-order valence-corrected chi connectivity index (χ1v) is 6.11. The number of halogens is 2. The maximum atomic E-state index is 9.07. The number of aliphatic hydroxyl groups is 1. The van der Waals surface area contributed by atoms with Gasteiger partial charge in [0.25, 0.3) is 0 Å². The second kappa shape index (κ2) is 7.25. The monoisotopic (exact) mass is 307 g/mol. The standard InChI is InChI=1S/C11H15BrClNO2/c1-16-7-10(6-15)14-5-8-4-9(12)2-3-11(8)13/h2-4,10,14-15H,5-7H2,1H3. The van der Waals surface area contributed by atoms with Crippen molar-refractivity contribution in [1.29, 1.82) is 0 Å². The topological polar surface area (TPSA) is 41.5 Å². The molecule has 16 heavy (non-hydrogen) atoms. The van der Waals surface area contributed by atoms with E-state index in [0.717, 1.165) is 10.0 Å². The number of benzene rings is 1. The highest BCUT2D eigenvalue weighted by atomic mass is 79.9. The molecule has 0 radical (unpaired) electrons. The molecular formula is C11H15BrClNO2. The van der Waals surface area contributed by atoms with Gasteiger partial charge >= 0.3 is 0 Å². The van der Waals surface area contributed by atoms with Crippen molar-refractivity contribution in [3.8, 4) is 0 Å².